The number of carbonyl (C=O) groups is 2. The Morgan fingerprint density at radius 1 is 0.976 bits per heavy atom. The molecular formula is C32H40O10. The molecule has 42 heavy (non-hydrogen) atoms. The highest BCUT2D eigenvalue weighted by Gasteiger charge is 2.54. The van der Waals surface area contributed by atoms with Gasteiger partial charge in [-0.2, -0.15) is 0 Å². The summed E-state index contributed by atoms with van der Waals surface area (Å²) in [6, 6.07) is 8.00. The molecule has 0 aromatic heterocycles. The standard InChI is InChI=1S/C32H40O10/c1-16(2)20-9-7-17(3)11-22(20)41-32-27(28(33)18-8-10-21-23(12-18)40-15-39-21)26(31(35)42-32)29(34)19-13-24(36-4)30(38-6)25(14-19)37-5/h8,10,12-14,16-17,20,22,26-27,29,32,34H,7,9,11,15H2,1-6H3/t17-,20+,22-,26+,27+,29+,32-/m1/s1. The molecule has 0 spiro atoms. The Kier molecular flexibility index (Phi) is 8.84. The van der Waals surface area contributed by atoms with E-state index in [1.165, 1.54) is 21.3 Å². The third-order valence-electron chi connectivity index (χ3n) is 8.78. The zero-order valence-corrected chi connectivity index (χ0v) is 25.0. The Morgan fingerprint density at radius 3 is 2.31 bits per heavy atom. The fourth-order valence-corrected chi connectivity index (χ4v) is 6.47. The Bertz CT molecular complexity index is 1280. The maximum Gasteiger partial charge on any atom is 0.315 e. The summed E-state index contributed by atoms with van der Waals surface area (Å²) in [6.45, 7) is 6.55. The monoisotopic (exact) mass is 584 g/mol. The summed E-state index contributed by atoms with van der Waals surface area (Å²) < 4.78 is 39.6. The largest absolute Gasteiger partial charge is 0.493 e. The average molecular weight is 585 g/mol. The first-order chi connectivity index (χ1) is 20.2. The molecule has 2 heterocycles. The lowest BCUT2D eigenvalue weighted by molar-refractivity contribution is -0.192. The van der Waals surface area contributed by atoms with Crippen LogP contribution in [0.15, 0.2) is 30.3 Å². The number of rotatable bonds is 10. The molecule has 2 aliphatic heterocycles. The van der Waals surface area contributed by atoms with E-state index in [1.807, 2.05) is 0 Å². The fourth-order valence-electron chi connectivity index (χ4n) is 6.47. The van der Waals surface area contributed by atoms with E-state index in [-0.39, 0.29) is 18.8 Å². The molecule has 1 saturated carbocycles. The van der Waals surface area contributed by atoms with E-state index in [1.54, 1.807) is 30.3 Å². The molecule has 0 bridgehead atoms. The van der Waals surface area contributed by atoms with Crippen LogP contribution in [0.5, 0.6) is 28.7 Å². The molecule has 1 aliphatic carbocycles. The molecule has 0 unspecified atom stereocenters. The third-order valence-corrected chi connectivity index (χ3v) is 8.78. The summed E-state index contributed by atoms with van der Waals surface area (Å²) in [5, 5.41) is 11.7. The summed E-state index contributed by atoms with van der Waals surface area (Å²) >= 11 is 0. The third kappa shape index (κ3) is 5.62. The zero-order chi connectivity index (χ0) is 30.1. The van der Waals surface area contributed by atoms with Gasteiger partial charge in [0, 0.05) is 5.56 Å². The van der Waals surface area contributed by atoms with Crippen molar-refractivity contribution in [1.82, 2.24) is 0 Å². The van der Waals surface area contributed by atoms with Gasteiger partial charge in [-0.25, -0.2) is 0 Å². The normalized spacial score (nSPS) is 27.5. The second-order valence-electron chi connectivity index (χ2n) is 11.7. The first-order valence-corrected chi connectivity index (χ1v) is 14.4. The smallest absolute Gasteiger partial charge is 0.315 e. The lowest BCUT2D eigenvalue weighted by Gasteiger charge is -2.38. The van der Waals surface area contributed by atoms with Gasteiger partial charge >= 0.3 is 5.97 Å². The summed E-state index contributed by atoms with van der Waals surface area (Å²) in [6.07, 6.45) is 0.0674. The van der Waals surface area contributed by atoms with Crippen molar-refractivity contribution in [3.8, 4) is 28.7 Å². The van der Waals surface area contributed by atoms with Crippen LogP contribution in [0.1, 0.15) is 62.1 Å². The van der Waals surface area contributed by atoms with Crippen LogP contribution in [-0.2, 0) is 14.3 Å². The zero-order valence-electron chi connectivity index (χ0n) is 25.0. The van der Waals surface area contributed by atoms with Gasteiger partial charge in [0.1, 0.15) is 11.8 Å². The molecule has 0 radical (unpaired) electrons. The van der Waals surface area contributed by atoms with Crippen LogP contribution in [0.4, 0.5) is 0 Å². The van der Waals surface area contributed by atoms with E-state index < -0.39 is 36.0 Å². The summed E-state index contributed by atoms with van der Waals surface area (Å²) in [5.41, 5.74) is 0.609. The Hall–Kier alpha value is -3.50. The molecule has 2 aromatic rings. The SMILES string of the molecule is COc1cc([C@H](O)[C@H]2C(=O)O[C@@H](O[C@@H]3C[C@H](C)CC[C@H]3C(C)C)[C@@H]2C(=O)c2ccc3c(c2)OCO3)cc(OC)c1OC. The van der Waals surface area contributed by atoms with Crippen LogP contribution in [0, 0.1) is 29.6 Å². The molecule has 2 fully saturated rings. The van der Waals surface area contributed by atoms with Crippen molar-refractivity contribution >= 4 is 11.8 Å². The van der Waals surface area contributed by atoms with Gasteiger partial charge in [-0.15, -0.1) is 0 Å². The number of ketones is 1. The van der Waals surface area contributed by atoms with Crippen LogP contribution in [-0.4, -0.2) is 57.4 Å². The van der Waals surface area contributed by atoms with Crippen molar-refractivity contribution in [2.45, 2.75) is 58.5 Å². The van der Waals surface area contributed by atoms with Crippen LogP contribution in [0.25, 0.3) is 0 Å². The van der Waals surface area contributed by atoms with Gasteiger partial charge in [-0.1, -0.05) is 27.2 Å². The molecule has 1 saturated heterocycles. The highest BCUT2D eigenvalue weighted by atomic mass is 16.7. The van der Waals surface area contributed by atoms with E-state index >= 15 is 0 Å². The number of hydrogen-bond donors (Lipinski definition) is 1. The van der Waals surface area contributed by atoms with E-state index in [4.69, 9.17) is 33.2 Å². The first kappa shape index (κ1) is 30.0. The minimum Gasteiger partial charge on any atom is -0.493 e. The Labute approximate surface area is 246 Å². The highest BCUT2D eigenvalue weighted by Crippen LogP contribution is 2.47. The Morgan fingerprint density at radius 2 is 1.67 bits per heavy atom. The summed E-state index contributed by atoms with van der Waals surface area (Å²) in [5.74, 6) is -0.546. The van der Waals surface area contributed by atoms with E-state index in [2.05, 4.69) is 20.8 Å². The van der Waals surface area contributed by atoms with Crippen LogP contribution < -0.4 is 23.7 Å². The van der Waals surface area contributed by atoms with Crippen LogP contribution in [0.3, 0.4) is 0 Å². The molecule has 228 valence electrons. The van der Waals surface area contributed by atoms with Gasteiger partial charge in [-0.05, 0) is 66.5 Å². The summed E-state index contributed by atoms with van der Waals surface area (Å²) in [7, 11) is 4.40. The number of cyclic esters (lactones) is 1. The quantitative estimate of drug-likeness (QED) is 0.303. The molecule has 10 nitrogen and oxygen atoms in total. The Balaban J connectivity index is 1.53. The topological polar surface area (TPSA) is 119 Å². The van der Waals surface area contributed by atoms with Crippen LogP contribution in [0.2, 0.25) is 0 Å². The molecule has 5 rings (SSSR count). The number of ether oxygens (including phenoxy) is 7. The van der Waals surface area contributed by atoms with Crippen molar-refractivity contribution in [3.63, 3.8) is 0 Å². The van der Waals surface area contributed by atoms with Gasteiger partial charge in [0.15, 0.2) is 28.8 Å². The molecule has 10 heteroatoms. The maximum atomic E-state index is 14.2. The molecule has 0 amide bonds. The number of methoxy groups -OCH3 is 3. The molecule has 1 N–H and O–H groups in total. The lowest BCUT2D eigenvalue weighted by Crippen LogP contribution is -2.41. The van der Waals surface area contributed by atoms with E-state index in [0.717, 1.165) is 19.3 Å². The number of benzene rings is 2. The summed E-state index contributed by atoms with van der Waals surface area (Å²) in [4.78, 5) is 27.8. The number of carbonyl (C=O) groups excluding carboxylic acids is 2. The van der Waals surface area contributed by atoms with Gasteiger partial charge in [-0.3, -0.25) is 9.59 Å². The van der Waals surface area contributed by atoms with Gasteiger partial charge in [0.2, 0.25) is 18.8 Å². The van der Waals surface area contributed by atoms with Crippen molar-refractivity contribution in [1.29, 1.82) is 0 Å². The second-order valence-corrected chi connectivity index (χ2v) is 11.7. The molecule has 3 aliphatic rings. The van der Waals surface area contributed by atoms with Crippen molar-refractivity contribution in [3.05, 3.63) is 41.5 Å². The number of aliphatic hydroxyl groups is 1. The van der Waals surface area contributed by atoms with E-state index in [9.17, 15) is 14.7 Å². The maximum absolute atomic E-state index is 14.2. The van der Waals surface area contributed by atoms with Gasteiger partial charge < -0.3 is 38.3 Å². The highest BCUT2D eigenvalue weighted by molar-refractivity contribution is 6.02. The lowest BCUT2D eigenvalue weighted by atomic mass is 9.75. The minimum atomic E-state index is -1.44. The predicted molar refractivity (Wildman–Crippen MR) is 151 cm³/mol. The van der Waals surface area contributed by atoms with Gasteiger partial charge in [0.05, 0.1) is 33.5 Å². The predicted octanol–water partition coefficient (Wildman–Crippen LogP) is 4.95. The van der Waals surface area contributed by atoms with Crippen LogP contribution >= 0.6 is 0 Å². The average Bonchev–Trinajstić information content (AvgIpc) is 3.58. The number of hydrogen-bond acceptors (Lipinski definition) is 10. The molecule has 2 aromatic carbocycles. The fraction of sp³-hybridized carbons (Fsp3) is 0.562. The van der Waals surface area contributed by atoms with Crippen molar-refractivity contribution < 1.29 is 47.9 Å². The van der Waals surface area contributed by atoms with Crippen molar-refractivity contribution in [2.24, 2.45) is 29.6 Å². The minimum absolute atomic E-state index is 0.0582. The molecule has 7 atom stereocenters. The number of aliphatic hydroxyl groups excluding tert-OH is 1. The number of esters is 1. The number of fused-ring (bicyclic) bond motifs is 1. The first-order valence-electron chi connectivity index (χ1n) is 14.4. The van der Waals surface area contributed by atoms with Crippen molar-refractivity contribution in [2.75, 3.05) is 28.1 Å². The van der Waals surface area contributed by atoms with E-state index in [0.29, 0.717) is 51.7 Å². The molecular weight excluding hydrogens is 544 g/mol. The second kappa shape index (κ2) is 12.4. The number of Topliss-reactive ketones (excluding diaryl/α,β-unsaturated/α-hetero) is 1. The van der Waals surface area contributed by atoms with Gasteiger partial charge in [0.25, 0.3) is 0 Å².